The quantitative estimate of drug-likeness (QED) is 0.228. The summed E-state index contributed by atoms with van der Waals surface area (Å²) in [6.45, 7) is 0. The summed E-state index contributed by atoms with van der Waals surface area (Å²) in [6, 6.07) is 14.4. The molecule has 0 aliphatic carbocycles. The first-order chi connectivity index (χ1) is 14.4. The largest absolute Gasteiger partial charge is 0.465 e. The molecule has 4 rings (SSSR count). The Hall–Kier alpha value is -2.87. The molecule has 0 saturated carbocycles. The summed E-state index contributed by atoms with van der Waals surface area (Å²) in [7, 11) is 5.01. The molecule has 160 valence electrons. The third-order valence-electron chi connectivity index (χ3n) is 4.58. The maximum Gasteiger partial charge on any atom is 0.350 e. The number of thiophene rings is 1. The van der Waals surface area contributed by atoms with E-state index in [4.69, 9.17) is 16.3 Å². The molecule has 0 amide bonds. The van der Waals surface area contributed by atoms with Crippen molar-refractivity contribution in [3.05, 3.63) is 68.8 Å². The third kappa shape index (κ3) is 3.92. The van der Waals surface area contributed by atoms with Gasteiger partial charge in [0.05, 0.1) is 24.2 Å². The molecule has 0 saturated heterocycles. The van der Waals surface area contributed by atoms with Crippen LogP contribution < -0.4 is 5.56 Å². The van der Waals surface area contributed by atoms with Crippen LogP contribution in [0.4, 0.5) is 5.69 Å². The Morgan fingerprint density at radius 1 is 1.13 bits per heavy atom. The molecule has 2 heterocycles. The molecule has 4 aromatic rings. The zero-order valence-corrected chi connectivity index (χ0v) is 19.3. The van der Waals surface area contributed by atoms with Gasteiger partial charge in [0.25, 0.3) is 5.56 Å². The van der Waals surface area contributed by atoms with Crippen molar-refractivity contribution in [3.63, 3.8) is 0 Å². The summed E-state index contributed by atoms with van der Waals surface area (Å²) in [6.07, 6.45) is 1.62. The van der Waals surface area contributed by atoms with Gasteiger partial charge in [-0.15, -0.1) is 23.7 Å². The number of nitrogens with zero attached hydrogens (tertiary/aromatic N) is 3. The average molecular weight is 476 g/mol. The van der Waals surface area contributed by atoms with Crippen molar-refractivity contribution in [2.45, 2.75) is 0 Å². The van der Waals surface area contributed by atoms with E-state index in [2.05, 4.69) is 4.99 Å². The summed E-state index contributed by atoms with van der Waals surface area (Å²) >= 11 is 7.60. The number of benzene rings is 2. The van der Waals surface area contributed by atoms with Crippen LogP contribution in [-0.4, -0.2) is 43.0 Å². The van der Waals surface area contributed by atoms with E-state index < -0.39 is 5.97 Å². The van der Waals surface area contributed by atoms with Crippen molar-refractivity contribution in [2.24, 2.45) is 4.99 Å². The highest BCUT2D eigenvalue weighted by molar-refractivity contribution is 7.21. The van der Waals surface area contributed by atoms with Crippen molar-refractivity contribution in [2.75, 3.05) is 21.2 Å². The number of pyridine rings is 1. The second kappa shape index (κ2) is 9.09. The standard InChI is InChI=1S/C22H18ClN3O3S.ClH/c1-25(2)12-24-18-17-13-8-4-5-9-14(13)20(27)26(16-11-7-6-10-15(16)23)21(17)30-19(18)22(28)29-3;/h4-12H,1-3H3;1H. The van der Waals surface area contributed by atoms with Gasteiger partial charge in [0, 0.05) is 24.9 Å². The molecule has 0 atom stereocenters. The van der Waals surface area contributed by atoms with Crippen LogP contribution in [0.1, 0.15) is 9.67 Å². The molecular weight excluding hydrogens is 457 g/mol. The van der Waals surface area contributed by atoms with Gasteiger partial charge in [-0.2, -0.15) is 0 Å². The first-order valence-electron chi connectivity index (χ1n) is 9.08. The van der Waals surface area contributed by atoms with Crippen LogP contribution in [0.15, 0.2) is 58.3 Å². The van der Waals surface area contributed by atoms with E-state index in [1.54, 1.807) is 40.1 Å². The number of methoxy groups -OCH3 is 1. The van der Waals surface area contributed by atoms with Gasteiger partial charge in [0.2, 0.25) is 0 Å². The van der Waals surface area contributed by atoms with Crippen molar-refractivity contribution in [1.29, 1.82) is 0 Å². The van der Waals surface area contributed by atoms with Gasteiger partial charge in [-0.25, -0.2) is 9.79 Å². The minimum Gasteiger partial charge on any atom is -0.465 e. The fourth-order valence-corrected chi connectivity index (χ4v) is 4.70. The number of hydrogen-bond acceptors (Lipinski definition) is 5. The third-order valence-corrected chi connectivity index (χ3v) is 6.04. The monoisotopic (exact) mass is 475 g/mol. The predicted molar refractivity (Wildman–Crippen MR) is 130 cm³/mol. The van der Waals surface area contributed by atoms with Gasteiger partial charge in [0.15, 0.2) is 0 Å². The molecule has 0 fully saturated rings. The van der Waals surface area contributed by atoms with Crippen LogP contribution in [0, 0.1) is 0 Å². The van der Waals surface area contributed by atoms with Crippen molar-refractivity contribution < 1.29 is 9.53 Å². The number of carbonyl (C=O) groups is 1. The van der Waals surface area contributed by atoms with Gasteiger partial charge in [-0.3, -0.25) is 9.36 Å². The topological polar surface area (TPSA) is 63.9 Å². The lowest BCUT2D eigenvalue weighted by atomic mass is 10.1. The number of esters is 1. The van der Waals surface area contributed by atoms with E-state index >= 15 is 0 Å². The fraction of sp³-hybridized carbons (Fsp3) is 0.136. The molecule has 2 aromatic heterocycles. The molecule has 0 bridgehead atoms. The molecular formula is C22H19Cl2N3O3S. The summed E-state index contributed by atoms with van der Waals surface area (Å²) in [5.41, 5.74) is 0.792. The Bertz CT molecular complexity index is 1380. The van der Waals surface area contributed by atoms with Gasteiger partial charge in [-0.05, 0) is 23.6 Å². The highest BCUT2D eigenvalue weighted by Crippen LogP contribution is 2.42. The van der Waals surface area contributed by atoms with E-state index in [0.29, 0.717) is 36.9 Å². The summed E-state index contributed by atoms with van der Waals surface area (Å²) in [4.78, 5) is 33.3. The van der Waals surface area contributed by atoms with Crippen molar-refractivity contribution in [3.8, 4) is 5.69 Å². The number of para-hydroxylation sites is 1. The minimum absolute atomic E-state index is 0. The van der Waals surface area contributed by atoms with Gasteiger partial charge in [0.1, 0.15) is 15.4 Å². The molecule has 0 spiro atoms. The second-order valence-electron chi connectivity index (χ2n) is 6.80. The van der Waals surface area contributed by atoms with Crippen LogP contribution in [-0.2, 0) is 4.74 Å². The second-order valence-corrected chi connectivity index (χ2v) is 8.20. The SMILES string of the molecule is COC(=O)c1sc2c(c1N=CN(C)C)c1ccccc1c(=O)n2-c1ccccc1Cl.Cl. The van der Waals surface area contributed by atoms with Crippen LogP contribution in [0.25, 0.3) is 26.7 Å². The molecule has 0 radical (unpaired) electrons. The minimum atomic E-state index is -0.510. The first-order valence-corrected chi connectivity index (χ1v) is 10.3. The molecule has 0 N–H and O–H groups in total. The number of rotatable bonds is 4. The highest BCUT2D eigenvalue weighted by atomic mass is 35.5. The predicted octanol–water partition coefficient (Wildman–Crippen LogP) is 5.29. The Kier molecular flexibility index (Phi) is 6.69. The Balaban J connectivity index is 0.00000272. The van der Waals surface area contributed by atoms with Crippen LogP contribution >= 0.6 is 35.3 Å². The number of fused-ring (bicyclic) bond motifs is 3. The van der Waals surface area contributed by atoms with E-state index in [1.807, 2.05) is 38.4 Å². The molecule has 9 heteroatoms. The zero-order chi connectivity index (χ0) is 21.4. The number of aromatic nitrogens is 1. The van der Waals surface area contributed by atoms with Gasteiger partial charge in [-0.1, -0.05) is 41.9 Å². The molecule has 6 nitrogen and oxygen atoms in total. The first kappa shape index (κ1) is 22.8. The number of ether oxygens (including phenoxy) is 1. The van der Waals surface area contributed by atoms with E-state index in [-0.39, 0.29) is 18.0 Å². The van der Waals surface area contributed by atoms with Crippen molar-refractivity contribution in [1.82, 2.24) is 9.47 Å². The van der Waals surface area contributed by atoms with Crippen molar-refractivity contribution >= 4 is 74.3 Å². The average Bonchev–Trinajstić information content (AvgIpc) is 3.12. The highest BCUT2D eigenvalue weighted by Gasteiger charge is 2.25. The number of halogens is 2. The smallest absolute Gasteiger partial charge is 0.350 e. The molecule has 0 aliphatic heterocycles. The fourth-order valence-electron chi connectivity index (χ4n) is 3.29. The lowest BCUT2D eigenvalue weighted by Crippen LogP contribution is -2.18. The van der Waals surface area contributed by atoms with E-state index in [0.717, 1.165) is 16.7 Å². The van der Waals surface area contributed by atoms with Crippen LogP contribution in [0.5, 0.6) is 0 Å². The van der Waals surface area contributed by atoms with Gasteiger partial charge >= 0.3 is 5.97 Å². The Morgan fingerprint density at radius 2 is 1.77 bits per heavy atom. The number of aliphatic imine (C=N–C) groups is 1. The van der Waals surface area contributed by atoms with Crippen LogP contribution in [0.3, 0.4) is 0 Å². The number of carbonyl (C=O) groups excluding carboxylic acids is 1. The molecule has 0 aliphatic rings. The normalized spacial score (nSPS) is 11.1. The van der Waals surface area contributed by atoms with E-state index in [9.17, 15) is 9.59 Å². The van der Waals surface area contributed by atoms with Gasteiger partial charge < -0.3 is 9.64 Å². The Labute approximate surface area is 193 Å². The lowest BCUT2D eigenvalue weighted by Gasteiger charge is -2.12. The summed E-state index contributed by atoms with van der Waals surface area (Å²) in [5, 5.41) is 2.37. The molecule has 2 aromatic carbocycles. The Morgan fingerprint density at radius 3 is 2.42 bits per heavy atom. The van der Waals surface area contributed by atoms with E-state index in [1.165, 1.54) is 7.11 Å². The maximum absolute atomic E-state index is 13.5. The maximum atomic E-state index is 13.5. The zero-order valence-electron chi connectivity index (χ0n) is 17.0. The summed E-state index contributed by atoms with van der Waals surface area (Å²) in [5.74, 6) is -0.510. The summed E-state index contributed by atoms with van der Waals surface area (Å²) < 4.78 is 6.54. The molecule has 0 unspecified atom stereocenters. The number of hydrogen-bond donors (Lipinski definition) is 0. The lowest BCUT2D eigenvalue weighted by molar-refractivity contribution is 0.0607. The molecule has 31 heavy (non-hydrogen) atoms. The van der Waals surface area contributed by atoms with Crippen LogP contribution in [0.2, 0.25) is 5.02 Å².